The Morgan fingerprint density at radius 2 is 1.64 bits per heavy atom. The highest BCUT2D eigenvalue weighted by Gasteiger charge is 2.39. The maximum Gasteiger partial charge on any atom is 0.318 e. The standard InChI is InChI=1S/C29H39NO3/c1-20(2)17-22-13-15-30(16-14-22)27(31)24-12-11-23(18-21(3)4)26(19-24)29(5,28(32)33)25-9-7-6-8-10-25/h6-12,19-22H,13-18H2,1-5H3,(H,32,33). The van der Waals surface area contributed by atoms with Crippen LogP contribution in [-0.4, -0.2) is 35.0 Å². The summed E-state index contributed by atoms with van der Waals surface area (Å²) >= 11 is 0. The molecule has 4 heteroatoms. The summed E-state index contributed by atoms with van der Waals surface area (Å²) < 4.78 is 0. The van der Waals surface area contributed by atoms with Crippen LogP contribution in [0.5, 0.6) is 0 Å². The number of carbonyl (C=O) groups is 2. The van der Waals surface area contributed by atoms with Crippen LogP contribution in [0.15, 0.2) is 48.5 Å². The van der Waals surface area contributed by atoms with Crippen LogP contribution >= 0.6 is 0 Å². The molecule has 1 amide bonds. The number of piperidine rings is 1. The van der Waals surface area contributed by atoms with E-state index in [9.17, 15) is 14.7 Å². The van der Waals surface area contributed by atoms with Crippen molar-refractivity contribution in [1.82, 2.24) is 4.90 Å². The lowest BCUT2D eigenvalue weighted by Crippen LogP contribution is -2.39. The maximum absolute atomic E-state index is 13.4. The number of benzene rings is 2. The number of nitrogens with zero attached hydrogens (tertiary/aromatic N) is 1. The second-order valence-corrected chi connectivity index (χ2v) is 10.6. The molecule has 4 nitrogen and oxygen atoms in total. The minimum Gasteiger partial charge on any atom is -0.480 e. The number of aliphatic carboxylic acids is 1. The predicted molar refractivity (Wildman–Crippen MR) is 134 cm³/mol. The molecule has 0 radical (unpaired) electrons. The zero-order chi connectivity index (χ0) is 24.2. The average molecular weight is 450 g/mol. The van der Waals surface area contributed by atoms with Crippen molar-refractivity contribution in [2.75, 3.05) is 13.1 Å². The van der Waals surface area contributed by atoms with Crippen LogP contribution in [0.1, 0.15) is 80.9 Å². The van der Waals surface area contributed by atoms with E-state index in [2.05, 4.69) is 27.7 Å². The van der Waals surface area contributed by atoms with Crippen LogP contribution in [-0.2, 0) is 16.6 Å². The molecule has 1 fully saturated rings. The maximum atomic E-state index is 13.4. The summed E-state index contributed by atoms with van der Waals surface area (Å²) in [5.74, 6) is 0.847. The highest BCUT2D eigenvalue weighted by Crippen LogP contribution is 2.36. The SMILES string of the molecule is CC(C)Cc1ccc(C(=O)N2CCC(CC(C)C)CC2)cc1C(C)(C(=O)O)c1ccccc1. The van der Waals surface area contributed by atoms with Gasteiger partial charge >= 0.3 is 5.97 Å². The third-order valence-corrected chi connectivity index (χ3v) is 7.01. The fraction of sp³-hybridized carbons (Fsp3) is 0.517. The first-order chi connectivity index (χ1) is 15.6. The van der Waals surface area contributed by atoms with E-state index < -0.39 is 11.4 Å². The van der Waals surface area contributed by atoms with Crippen LogP contribution in [0.2, 0.25) is 0 Å². The summed E-state index contributed by atoms with van der Waals surface area (Å²) in [6.07, 6.45) is 4.06. The summed E-state index contributed by atoms with van der Waals surface area (Å²) in [6, 6.07) is 15.1. The molecule has 1 aliphatic heterocycles. The number of carboxylic acids is 1. The molecule has 1 saturated heterocycles. The van der Waals surface area contributed by atoms with Gasteiger partial charge < -0.3 is 10.0 Å². The fourth-order valence-corrected chi connectivity index (χ4v) is 5.18. The van der Waals surface area contributed by atoms with E-state index in [1.165, 1.54) is 6.42 Å². The number of carbonyl (C=O) groups excluding carboxylic acids is 1. The number of likely N-dealkylation sites (tertiary alicyclic amines) is 1. The molecule has 178 valence electrons. The molecular weight excluding hydrogens is 410 g/mol. The highest BCUT2D eigenvalue weighted by molar-refractivity contribution is 5.95. The molecule has 1 unspecified atom stereocenters. The Balaban J connectivity index is 1.97. The van der Waals surface area contributed by atoms with Crippen molar-refractivity contribution < 1.29 is 14.7 Å². The summed E-state index contributed by atoms with van der Waals surface area (Å²) in [5.41, 5.74) is 1.79. The molecule has 1 heterocycles. The van der Waals surface area contributed by atoms with E-state index in [0.29, 0.717) is 23.3 Å². The molecule has 3 rings (SSSR count). The molecule has 33 heavy (non-hydrogen) atoms. The van der Waals surface area contributed by atoms with Crippen molar-refractivity contribution in [1.29, 1.82) is 0 Å². The van der Waals surface area contributed by atoms with Crippen molar-refractivity contribution in [2.45, 2.75) is 65.7 Å². The lowest BCUT2D eigenvalue weighted by atomic mass is 9.73. The van der Waals surface area contributed by atoms with E-state index in [0.717, 1.165) is 49.0 Å². The second-order valence-electron chi connectivity index (χ2n) is 10.6. The number of hydrogen-bond acceptors (Lipinski definition) is 2. The van der Waals surface area contributed by atoms with E-state index in [1.54, 1.807) is 6.92 Å². The number of carboxylic acid groups (broad SMARTS) is 1. The van der Waals surface area contributed by atoms with Gasteiger partial charge in [-0.1, -0.05) is 64.1 Å². The normalized spacial score (nSPS) is 16.8. The summed E-state index contributed by atoms with van der Waals surface area (Å²) in [7, 11) is 0. The summed E-state index contributed by atoms with van der Waals surface area (Å²) in [6.45, 7) is 12.1. The van der Waals surface area contributed by atoms with Gasteiger partial charge in [0.2, 0.25) is 0 Å². The molecule has 0 aliphatic carbocycles. The van der Waals surface area contributed by atoms with E-state index in [4.69, 9.17) is 0 Å². The Morgan fingerprint density at radius 1 is 1.00 bits per heavy atom. The first kappa shape index (κ1) is 25.0. The third kappa shape index (κ3) is 5.66. The number of hydrogen-bond donors (Lipinski definition) is 1. The first-order valence-corrected chi connectivity index (χ1v) is 12.3. The molecule has 0 aromatic heterocycles. The monoisotopic (exact) mass is 449 g/mol. The Labute approximate surface area is 199 Å². The molecule has 1 atom stereocenters. The van der Waals surface area contributed by atoms with Gasteiger partial charge in [0, 0.05) is 18.7 Å². The van der Waals surface area contributed by atoms with Crippen molar-refractivity contribution in [3.8, 4) is 0 Å². The smallest absolute Gasteiger partial charge is 0.318 e. The molecule has 1 N–H and O–H groups in total. The topological polar surface area (TPSA) is 57.6 Å². The van der Waals surface area contributed by atoms with Crippen molar-refractivity contribution in [3.05, 3.63) is 70.8 Å². The summed E-state index contributed by atoms with van der Waals surface area (Å²) in [5, 5.41) is 10.4. The second kappa shape index (κ2) is 10.5. The van der Waals surface area contributed by atoms with E-state index in [1.807, 2.05) is 53.4 Å². The fourth-order valence-electron chi connectivity index (χ4n) is 5.18. The lowest BCUT2D eigenvalue weighted by Gasteiger charge is -2.33. The van der Waals surface area contributed by atoms with Crippen molar-refractivity contribution >= 4 is 11.9 Å². The van der Waals surface area contributed by atoms with Gasteiger partial charge in [-0.05, 0) is 79.2 Å². The van der Waals surface area contributed by atoms with Gasteiger partial charge in [0.1, 0.15) is 5.41 Å². The van der Waals surface area contributed by atoms with Crippen LogP contribution in [0.3, 0.4) is 0 Å². The molecule has 2 aromatic carbocycles. The minimum absolute atomic E-state index is 0.0103. The molecule has 1 aliphatic rings. The van der Waals surface area contributed by atoms with Gasteiger partial charge in [-0.15, -0.1) is 0 Å². The predicted octanol–water partition coefficient (Wildman–Crippen LogP) is 6.17. The van der Waals surface area contributed by atoms with Gasteiger partial charge in [0.15, 0.2) is 0 Å². The largest absolute Gasteiger partial charge is 0.480 e. The van der Waals surface area contributed by atoms with Crippen LogP contribution in [0.4, 0.5) is 0 Å². The number of amides is 1. The Kier molecular flexibility index (Phi) is 7.99. The third-order valence-electron chi connectivity index (χ3n) is 7.01. The van der Waals surface area contributed by atoms with Gasteiger partial charge in [0.05, 0.1) is 0 Å². The minimum atomic E-state index is -1.23. The van der Waals surface area contributed by atoms with Gasteiger partial charge in [-0.3, -0.25) is 9.59 Å². The Hall–Kier alpha value is -2.62. The van der Waals surface area contributed by atoms with Crippen LogP contribution in [0.25, 0.3) is 0 Å². The molecular formula is C29H39NO3. The van der Waals surface area contributed by atoms with Gasteiger partial charge in [0.25, 0.3) is 5.91 Å². The molecule has 0 bridgehead atoms. The number of rotatable bonds is 8. The highest BCUT2D eigenvalue weighted by atomic mass is 16.4. The first-order valence-electron chi connectivity index (χ1n) is 12.3. The lowest BCUT2D eigenvalue weighted by molar-refractivity contribution is -0.141. The van der Waals surface area contributed by atoms with Crippen LogP contribution in [0, 0.1) is 17.8 Å². The van der Waals surface area contributed by atoms with Gasteiger partial charge in [-0.2, -0.15) is 0 Å². The molecule has 0 saturated carbocycles. The van der Waals surface area contributed by atoms with Gasteiger partial charge in [-0.25, -0.2) is 0 Å². The van der Waals surface area contributed by atoms with E-state index >= 15 is 0 Å². The van der Waals surface area contributed by atoms with E-state index in [-0.39, 0.29) is 5.91 Å². The zero-order valence-electron chi connectivity index (χ0n) is 20.8. The Bertz CT molecular complexity index is 958. The molecule has 2 aromatic rings. The Morgan fingerprint density at radius 3 is 2.18 bits per heavy atom. The quantitative estimate of drug-likeness (QED) is 0.524. The zero-order valence-corrected chi connectivity index (χ0v) is 20.8. The van der Waals surface area contributed by atoms with Crippen molar-refractivity contribution in [2.24, 2.45) is 17.8 Å². The van der Waals surface area contributed by atoms with Crippen LogP contribution < -0.4 is 0 Å². The molecule has 0 spiro atoms. The average Bonchev–Trinajstić information content (AvgIpc) is 2.78. The summed E-state index contributed by atoms with van der Waals surface area (Å²) in [4.78, 5) is 28.0. The van der Waals surface area contributed by atoms with Crippen molar-refractivity contribution in [3.63, 3.8) is 0 Å².